The summed E-state index contributed by atoms with van der Waals surface area (Å²) < 4.78 is 38.5. The Balaban J connectivity index is 1.87. The molecule has 20 heavy (non-hydrogen) atoms. The van der Waals surface area contributed by atoms with E-state index in [1.807, 2.05) is 6.92 Å². The Bertz CT molecular complexity index is 573. The van der Waals surface area contributed by atoms with Crippen molar-refractivity contribution in [2.24, 2.45) is 5.92 Å². The van der Waals surface area contributed by atoms with Gasteiger partial charge in [0.25, 0.3) is 0 Å². The van der Waals surface area contributed by atoms with Crippen molar-refractivity contribution in [3.05, 3.63) is 17.8 Å². The molecular weight excluding hydrogens is 283 g/mol. The van der Waals surface area contributed by atoms with Crippen LogP contribution in [0.2, 0.25) is 0 Å². The molecule has 2 rings (SSSR count). The molecule has 1 aliphatic rings. The molecule has 0 amide bonds. The first kappa shape index (κ1) is 15.1. The second-order valence-corrected chi connectivity index (χ2v) is 7.06. The van der Waals surface area contributed by atoms with Gasteiger partial charge in [-0.25, -0.2) is 27.1 Å². The van der Waals surface area contributed by atoms with Crippen molar-refractivity contribution in [2.75, 3.05) is 30.7 Å². The van der Waals surface area contributed by atoms with Crippen molar-refractivity contribution in [1.82, 2.24) is 14.3 Å². The standard InChI is InChI=1S/C12H19FN4O2S/c1-3-10-11(13)12(16-8-15-10)14-5-9-6-17(7-9)20(18,19)4-2/h8-9H,3-7H2,1-2H3,(H,14,15,16). The third kappa shape index (κ3) is 3.06. The molecule has 0 bridgehead atoms. The lowest BCUT2D eigenvalue weighted by Gasteiger charge is -2.38. The highest BCUT2D eigenvalue weighted by atomic mass is 32.2. The predicted octanol–water partition coefficient (Wildman–Crippen LogP) is 0.871. The van der Waals surface area contributed by atoms with E-state index in [1.165, 1.54) is 10.6 Å². The zero-order valence-corrected chi connectivity index (χ0v) is 12.5. The van der Waals surface area contributed by atoms with Crippen LogP contribution in [-0.4, -0.2) is 48.1 Å². The molecule has 0 saturated carbocycles. The van der Waals surface area contributed by atoms with Crippen molar-refractivity contribution in [1.29, 1.82) is 0 Å². The fraction of sp³-hybridized carbons (Fsp3) is 0.667. The second-order valence-electron chi connectivity index (χ2n) is 4.80. The molecule has 1 aromatic heterocycles. The second kappa shape index (κ2) is 6.01. The van der Waals surface area contributed by atoms with Gasteiger partial charge in [-0.15, -0.1) is 0 Å². The summed E-state index contributed by atoms with van der Waals surface area (Å²) >= 11 is 0. The minimum absolute atomic E-state index is 0.119. The molecule has 6 nitrogen and oxygen atoms in total. The third-order valence-corrected chi connectivity index (χ3v) is 5.25. The summed E-state index contributed by atoms with van der Waals surface area (Å²) in [6.45, 7) is 4.93. The van der Waals surface area contributed by atoms with Gasteiger partial charge in [0, 0.05) is 25.6 Å². The molecular formula is C12H19FN4O2S. The number of rotatable bonds is 6. The van der Waals surface area contributed by atoms with Crippen molar-refractivity contribution >= 4 is 15.8 Å². The van der Waals surface area contributed by atoms with Gasteiger partial charge >= 0.3 is 0 Å². The molecule has 1 fully saturated rings. The lowest BCUT2D eigenvalue weighted by atomic mass is 10.0. The van der Waals surface area contributed by atoms with Crippen LogP contribution in [0.4, 0.5) is 10.2 Å². The normalized spacial score (nSPS) is 16.9. The molecule has 0 spiro atoms. The number of aryl methyl sites for hydroxylation is 1. The summed E-state index contributed by atoms with van der Waals surface area (Å²) in [5.41, 5.74) is 0.381. The van der Waals surface area contributed by atoms with E-state index in [2.05, 4.69) is 15.3 Å². The first-order valence-corrected chi connectivity index (χ1v) is 8.29. The Kier molecular flexibility index (Phi) is 4.54. The minimum Gasteiger partial charge on any atom is -0.367 e. The average Bonchev–Trinajstić information content (AvgIpc) is 2.38. The van der Waals surface area contributed by atoms with E-state index >= 15 is 0 Å². The molecule has 1 aliphatic heterocycles. The Hall–Kier alpha value is -1.28. The Morgan fingerprint density at radius 2 is 2.10 bits per heavy atom. The van der Waals surface area contributed by atoms with Crippen LogP contribution >= 0.6 is 0 Å². The lowest BCUT2D eigenvalue weighted by Crippen LogP contribution is -2.52. The Labute approximate surface area is 118 Å². The van der Waals surface area contributed by atoms with Crippen molar-refractivity contribution in [3.8, 4) is 0 Å². The quantitative estimate of drug-likeness (QED) is 0.844. The van der Waals surface area contributed by atoms with Crippen LogP contribution in [0.5, 0.6) is 0 Å². The summed E-state index contributed by atoms with van der Waals surface area (Å²) in [4.78, 5) is 7.73. The first-order chi connectivity index (χ1) is 9.47. The SMILES string of the molecule is CCc1ncnc(NCC2CN(S(=O)(=O)CC)C2)c1F. The maximum atomic E-state index is 13.9. The maximum absolute atomic E-state index is 13.9. The number of sulfonamides is 1. The molecule has 2 heterocycles. The molecule has 1 N–H and O–H groups in total. The highest BCUT2D eigenvalue weighted by molar-refractivity contribution is 7.89. The number of nitrogens with zero attached hydrogens (tertiary/aromatic N) is 3. The predicted molar refractivity (Wildman–Crippen MR) is 74.4 cm³/mol. The number of aromatic nitrogens is 2. The summed E-state index contributed by atoms with van der Waals surface area (Å²) in [6, 6.07) is 0. The number of anilines is 1. The van der Waals surface area contributed by atoms with Crippen molar-refractivity contribution < 1.29 is 12.8 Å². The van der Waals surface area contributed by atoms with E-state index in [4.69, 9.17) is 0 Å². The molecule has 8 heteroatoms. The fourth-order valence-electron chi connectivity index (χ4n) is 2.08. The number of nitrogens with one attached hydrogen (secondary N) is 1. The van der Waals surface area contributed by atoms with Gasteiger partial charge in [0.15, 0.2) is 11.6 Å². The summed E-state index contributed by atoms with van der Waals surface area (Å²) in [5.74, 6) is 0.0739. The van der Waals surface area contributed by atoms with Crippen LogP contribution in [0.25, 0.3) is 0 Å². The molecule has 0 radical (unpaired) electrons. The lowest BCUT2D eigenvalue weighted by molar-refractivity contribution is 0.211. The minimum atomic E-state index is -3.09. The third-order valence-electron chi connectivity index (χ3n) is 3.44. The topological polar surface area (TPSA) is 75.2 Å². The molecule has 1 saturated heterocycles. The number of halogens is 1. The van der Waals surface area contributed by atoms with Crippen LogP contribution in [0, 0.1) is 11.7 Å². The molecule has 0 atom stereocenters. The van der Waals surface area contributed by atoms with Crippen LogP contribution in [0.1, 0.15) is 19.5 Å². The van der Waals surface area contributed by atoms with Gasteiger partial charge in [0.1, 0.15) is 6.33 Å². The molecule has 0 unspecified atom stereocenters. The van der Waals surface area contributed by atoms with E-state index in [1.54, 1.807) is 6.92 Å². The fourth-order valence-corrected chi connectivity index (χ4v) is 3.32. The van der Waals surface area contributed by atoms with E-state index in [0.29, 0.717) is 31.7 Å². The van der Waals surface area contributed by atoms with Gasteiger partial charge in [-0.2, -0.15) is 0 Å². The van der Waals surface area contributed by atoms with E-state index in [-0.39, 0.29) is 17.5 Å². The maximum Gasteiger partial charge on any atom is 0.213 e. The van der Waals surface area contributed by atoms with Gasteiger partial charge in [-0.05, 0) is 13.3 Å². The summed E-state index contributed by atoms with van der Waals surface area (Å²) in [6.07, 6.45) is 1.84. The van der Waals surface area contributed by atoms with E-state index < -0.39 is 15.8 Å². The van der Waals surface area contributed by atoms with Crippen LogP contribution in [0.15, 0.2) is 6.33 Å². The van der Waals surface area contributed by atoms with Crippen molar-refractivity contribution in [2.45, 2.75) is 20.3 Å². The zero-order valence-electron chi connectivity index (χ0n) is 11.6. The molecule has 1 aromatic rings. The monoisotopic (exact) mass is 302 g/mol. The first-order valence-electron chi connectivity index (χ1n) is 6.69. The zero-order chi connectivity index (χ0) is 14.8. The molecule has 0 aromatic carbocycles. The Morgan fingerprint density at radius 3 is 2.70 bits per heavy atom. The number of hydrogen-bond acceptors (Lipinski definition) is 5. The van der Waals surface area contributed by atoms with Gasteiger partial charge in [0.2, 0.25) is 10.0 Å². The Morgan fingerprint density at radius 1 is 1.40 bits per heavy atom. The van der Waals surface area contributed by atoms with Gasteiger partial charge in [-0.3, -0.25) is 0 Å². The van der Waals surface area contributed by atoms with Crippen molar-refractivity contribution in [3.63, 3.8) is 0 Å². The largest absolute Gasteiger partial charge is 0.367 e. The van der Waals surface area contributed by atoms with Gasteiger partial charge in [-0.1, -0.05) is 6.92 Å². The van der Waals surface area contributed by atoms with Crippen LogP contribution in [-0.2, 0) is 16.4 Å². The summed E-state index contributed by atoms with van der Waals surface area (Å²) in [5, 5.41) is 2.93. The van der Waals surface area contributed by atoms with E-state index in [9.17, 15) is 12.8 Å². The average molecular weight is 302 g/mol. The summed E-state index contributed by atoms with van der Waals surface area (Å²) in [7, 11) is -3.09. The highest BCUT2D eigenvalue weighted by Crippen LogP contribution is 2.21. The number of hydrogen-bond donors (Lipinski definition) is 1. The van der Waals surface area contributed by atoms with Gasteiger partial charge in [0.05, 0.1) is 11.4 Å². The van der Waals surface area contributed by atoms with Crippen LogP contribution < -0.4 is 5.32 Å². The molecule has 0 aliphatic carbocycles. The molecule has 112 valence electrons. The van der Waals surface area contributed by atoms with Crippen LogP contribution in [0.3, 0.4) is 0 Å². The van der Waals surface area contributed by atoms with Gasteiger partial charge < -0.3 is 5.32 Å². The smallest absolute Gasteiger partial charge is 0.213 e. The van der Waals surface area contributed by atoms with E-state index in [0.717, 1.165) is 0 Å². The highest BCUT2D eigenvalue weighted by Gasteiger charge is 2.34.